The van der Waals surface area contributed by atoms with Crippen LogP contribution in [0, 0.1) is 5.82 Å². The normalized spacial score (nSPS) is 14.9. The van der Waals surface area contributed by atoms with Crippen LogP contribution in [0.3, 0.4) is 0 Å². The molecule has 0 spiro atoms. The van der Waals surface area contributed by atoms with Crippen LogP contribution in [0.1, 0.15) is 15.9 Å². The number of imide groups is 1. The van der Waals surface area contributed by atoms with E-state index in [2.05, 4.69) is 5.32 Å². The summed E-state index contributed by atoms with van der Waals surface area (Å²) < 4.78 is 23.5. The number of rotatable bonds is 9. The first-order valence-corrected chi connectivity index (χ1v) is 10.3. The van der Waals surface area contributed by atoms with Gasteiger partial charge in [-0.3, -0.25) is 19.3 Å². The first kappa shape index (κ1) is 22.5. The Balaban J connectivity index is 1.57. The van der Waals surface area contributed by atoms with Crippen molar-refractivity contribution in [2.45, 2.75) is 0 Å². The number of thioether (sulfide) groups is 1. The highest BCUT2D eigenvalue weighted by Gasteiger charge is 2.34. The standard InChI is InChI=1S/C22H21FN2O5S/c1-29-12-13-30-18-5-3-2-4-17(18)20(26)24-10-11-25-21(27)19(31-22(25)28)14-15-6-8-16(23)9-7-15/h2-9,14H,10-13H2,1H3,(H,24,26). The molecule has 9 heteroatoms. The number of amides is 3. The second-order valence-electron chi connectivity index (χ2n) is 6.48. The maximum Gasteiger partial charge on any atom is 0.293 e. The third kappa shape index (κ3) is 5.93. The maximum atomic E-state index is 13.0. The third-order valence-electron chi connectivity index (χ3n) is 4.34. The molecular weight excluding hydrogens is 423 g/mol. The van der Waals surface area contributed by atoms with Gasteiger partial charge in [0.15, 0.2) is 0 Å². The molecule has 0 atom stereocenters. The van der Waals surface area contributed by atoms with Gasteiger partial charge in [0.2, 0.25) is 0 Å². The monoisotopic (exact) mass is 444 g/mol. The van der Waals surface area contributed by atoms with Gasteiger partial charge in [-0.15, -0.1) is 0 Å². The molecule has 0 bridgehead atoms. The molecule has 162 valence electrons. The first-order valence-electron chi connectivity index (χ1n) is 9.49. The topological polar surface area (TPSA) is 84.9 Å². The number of carbonyl (C=O) groups excluding carboxylic acids is 3. The van der Waals surface area contributed by atoms with Crippen LogP contribution in [0.5, 0.6) is 5.75 Å². The van der Waals surface area contributed by atoms with Crippen molar-refractivity contribution >= 4 is 34.9 Å². The van der Waals surface area contributed by atoms with Crippen LogP contribution in [0.15, 0.2) is 53.4 Å². The van der Waals surface area contributed by atoms with E-state index in [0.717, 1.165) is 16.7 Å². The van der Waals surface area contributed by atoms with Gasteiger partial charge in [-0.1, -0.05) is 24.3 Å². The predicted octanol–water partition coefficient (Wildman–Crippen LogP) is 3.32. The Morgan fingerprint density at radius 1 is 1.13 bits per heavy atom. The maximum absolute atomic E-state index is 13.0. The van der Waals surface area contributed by atoms with E-state index in [1.165, 1.54) is 30.3 Å². The molecule has 0 unspecified atom stereocenters. The summed E-state index contributed by atoms with van der Waals surface area (Å²) in [5.41, 5.74) is 0.967. The molecule has 1 aliphatic rings. The molecular formula is C22H21FN2O5S. The Hall–Kier alpha value is -3.17. The minimum Gasteiger partial charge on any atom is -0.490 e. The van der Waals surface area contributed by atoms with Crippen molar-refractivity contribution in [3.05, 3.63) is 70.4 Å². The molecule has 3 amide bonds. The molecule has 2 aromatic carbocycles. The number of halogens is 1. The van der Waals surface area contributed by atoms with Gasteiger partial charge in [-0.2, -0.15) is 0 Å². The lowest BCUT2D eigenvalue weighted by molar-refractivity contribution is -0.122. The largest absolute Gasteiger partial charge is 0.490 e. The summed E-state index contributed by atoms with van der Waals surface area (Å²) in [6.07, 6.45) is 1.54. The number of nitrogens with zero attached hydrogens (tertiary/aromatic N) is 1. The van der Waals surface area contributed by atoms with Crippen molar-refractivity contribution in [3.63, 3.8) is 0 Å². The van der Waals surface area contributed by atoms with Gasteiger partial charge in [-0.25, -0.2) is 4.39 Å². The molecule has 1 heterocycles. The van der Waals surface area contributed by atoms with Crippen molar-refractivity contribution < 1.29 is 28.2 Å². The zero-order valence-corrected chi connectivity index (χ0v) is 17.6. The fourth-order valence-electron chi connectivity index (χ4n) is 2.79. The summed E-state index contributed by atoms with van der Waals surface area (Å²) in [4.78, 5) is 38.6. The first-order chi connectivity index (χ1) is 15.0. The molecule has 1 N–H and O–H groups in total. The molecule has 3 rings (SSSR count). The lowest BCUT2D eigenvalue weighted by Gasteiger charge is -2.14. The summed E-state index contributed by atoms with van der Waals surface area (Å²) in [5, 5.41) is 2.28. The minimum absolute atomic E-state index is 0.0316. The molecule has 7 nitrogen and oxygen atoms in total. The smallest absolute Gasteiger partial charge is 0.293 e. The number of benzene rings is 2. The molecule has 1 saturated heterocycles. The van der Waals surface area contributed by atoms with Gasteiger partial charge in [0.25, 0.3) is 17.1 Å². The van der Waals surface area contributed by atoms with Crippen molar-refractivity contribution in [3.8, 4) is 5.75 Å². The second kappa shape index (κ2) is 10.7. The van der Waals surface area contributed by atoms with Crippen LogP contribution in [-0.2, 0) is 9.53 Å². The summed E-state index contributed by atoms with van der Waals surface area (Å²) >= 11 is 0.810. The molecule has 31 heavy (non-hydrogen) atoms. The summed E-state index contributed by atoms with van der Waals surface area (Å²) in [5.74, 6) is -0.782. The molecule has 0 aliphatic carbocycles. The van der Waals surface area contributed by atoms with E-state index in [4.69, 9.17) is 9.47 Å². The highest BCUT2D eigenvalue weighted by molar-refractivity contribution is 8.18. The Kier molecular flexibility index (Phi) is 7.80. The SMILES string of the molecule is COCCOc1ccccc1C(=O)NCCN1C(=O)SC(=Cc2ccc(F)cc2)C1=O. The van der Waals surface area contributed by atoms with Gasteiger partial charge in [0.05, 0.1) is 17.1 Å². The Morgan fingerprint density at radius 2 is 1.87 bits per heavy atom. The van der Waals surface area contributed by atoms with Crippen molar-refractivity contribution in [2.75, 3.05) is 33.4 Å². The quantitative estimate of drug-likeness (QED) is 0.472. The van der Waals surface area contributed by atoms with E-state index >= 15 is 0 Å². The Bertz CT molecular complexity index is 994. The number of ether oxygens (including phenoxy) is 2. The zero-order valence-electron chi connectivity index (χ0n) is 16.8. The predicted molar refractivity (Wildman–Crippen MR) is 115 cm³/mol. The Morgan fingerprint density at radius 3 is 2.61 bits per heavy atom. The second-order valence-corrected chi connectivity index (χ2v) is 7.47. The highest BCUT2D eigenvalue weighted by Crippen LogP contribution is 2.31. The van der Waals surface area contributed by atoms with Gasteiger partial charge in [-0.05, 0) is 47.7 Å². The van der Waals surface area contributed by atoms with E-state index in [-0.39, 0.29) is 29.7 Å². The van der Waals surface area contributed by atoms with Gasteiger partial charge >= 0.3 is 0 Å². The number of hydrogen-bond acceptors (Lipinski definition) is 6. The van der Waals surface area contributed by atoms with Crippen LogP contribution in [0.2, 0.25) is 0 Å². The van der Waals surface area contributed by atoms with E-state index in [1.54, 1.807) is 31.4 Å². The van der Waals surface area contributed by atoms with Crippen LogP contribution in [0.4, 0.5) is 9.18 Å². The molecule has 0 aromatic heterocycles. The van der Waals surface area contributed by atoms with Gasteiger partial charge in [0, 0.05) is 20.2 Å². The average molecular weight is 444 g/mol. The average Bonchev–Trinajstić information content (AvgIpc) is 3.03. The minimum atomic E-state index is -0.447. The summed E-state index contributed by atoms with van der Waals surface area (Å²) in [6, 6.07) is 12.4. The van der Waals surface area contributed by atoms with Crippen LogP contribution >= 0.6 is 11.8 Å². The fraction of sp³-hybridized carbons (Fsp3) is 0.227. The zero-order chi connectivity index (χ0) is 22.2. The third-order valence-corrected chi connectivity index (χ3v) is 5.25. The summed E-state index contributed by atoms with van der Waals surface area (Å²) in [7, 11) is 1.56. The molecule has 1 fully saturated rings. The van der Waals surface area contributed by atoms with Gasteiger partial charge in [0.1, 0.15) is 18.2 Å². The van der Waals surface area contributed by atoms with Crippen LogP contribution in [0.25, 0.3) is 6.08 Å². The molecule has 0 radical (unpaired) electrons. The number of para-hydroxylation sites is 1. The van der Waals surface area contributed by atoms with Crippen molar-refractivity contribution in [1.29, 1.82) is 0 Å². The lowest BCUT2D eigenvalue weighted by Crippen LogP contribution is -2.37. The van der Waals surface area contributed by atoms with E-state index in [9.17, 15) is 18.8 Å². The summed E-state index contributed by atoms with van der Waals surface area (Å²) in [6.45, 7) is 0.815. The lowest BCUT2D eigenvalue weighted by atomic mass is 10.2. The number of nitrogens with one attached hydrogen (secondary N) is 1. The molecule has 0 saturated carbocycles. The number of hydrogen-bond donors (Lipinski definition) is 1. The van der Waals surface area contributed by atoms with Crippen molar-refractivity contribution in [2.24, 2.45) is 0 Å². The van der Waals surface area contributed by atoms with E-state index < -0.39 is 11.1 Å². The molecule has 2 aromatic rings. The molecule has 1 aliphatic heterocycles. The van der Waals surface area contributed by atoms with E-state index in [0.29, 0.717) is 30.1 Å². The Labute approximate surface area is 183 Å². The van der Waals surface area contributed by atoms with E-state index in [1.807, 2.05) is 0 Å². The van der Waals surface area contributed by atoms with Crippen molar-refractivity contribution in [1.82, 2.24) is 10.2 Å². The van der Waals surface area contributed by atoms with Gasteiger partial charge < -0.3 is 14.8 Å². The fourth-order valence-corrected chi connectivity index (χ4v) is 3.66. The highest BCUT2D eigenvalue weighted by atomic mass is 32.2. The van der Waals surface area contributed by atoms with Crippen LogP contribution < -0.4 is 10.1 Å². The van der Waals surface area contributed by atoms with Crippen LogP contribution in [-0.4, -0.2) is 55.4 Å². The number of carbonyl (C=O) groups is 3. The number of methoxy groups -OCH3 is 1.